The largest absolute Gasteiger partial charge is 0.508 e. The lowest BCUT2D eigenvalue weighted by Gasteiger charge is -2.33. The lowest BCUT2D eigenvalue weighted by atomic mass is 10.0. The van der Waals surface area contributed by atoms with Gasteiger partial charge in [0.05, 0.1) is 27.8 Å². The van der Waals surface area contributed by atoms with Crippen LogP contribution in [0, 0.1) is 35.5 Å². The summed E-state index contributed by atoms with van der Waals surface area (Å²) in [5.74, 6) is 7.71. The summed E-state index contributed by atoms with van der Waals surface area (Å²) in [5.41, 5.74) is 14.7. The van der Waals surface area contributed by atoms with Crippen LogP contribution >= 0.6 is 24.4 Å². The summed E-state index contributed by atoms with van der Waals surface area (Å²) in [6, 6.07) is 63.0. The zero-order valence-corrected chi connectivity index (χ0v) is 78.0. The summed E-state index contributed by atoms with van der Waals surface area (Å²) in [5, 5.41) is 17.9. The van der Waals surface area contributed by atoms with E-state index in [1.54, 1.807) is 36.0 Å². The number of nitrogens with two attached hydrogens (primary N) is 1. The molecule has 4 N–H and O–H groups in total. The van der Waals surface area contributed by atoms with Gasteiger partial charge in [0.2, 0.25) is 0 Å². The number of fused-ring (bicyclic) bond motifs is 4. The third kappa shape index (κ3) is 54.0. The molecule has 0 aromatic heterocycles. The number of allylic oxidation sites excluding steroid dienone is 1. The van der Waals surface area contributed by atoms with Crippen molar-refractivity contribution in [2.45, 2.75) is 275 Å². The second-order valence-electron chi connectivity index (χ2n) is 29.1. The van der Waals surface area contributed by atoms with Gasteiger partial charge in [-0.1, -0.05) is 333 Å². The first-order valence-electron chi connectivity index (χ1n) is 40.9. The van der Waals surface area contributed by atoms with E-state index in [9.17, 15) is 0 Å². The molecule has 0 fully saturated rings. The first-order valence-corrected chi connectivity index (χ1v) is 42.1. The van der Waals surface area contributed by atoms with Gasteiger partial charge in [0.25, 0.3) is 0 Å². The highest BCUT2D eigenvalue weighted by Gasteiger charge is 2.29. The number of aliphatic hydroxyl groups is 1. The Hall–Kier alpha value is -7.70. The van der Waals surface area contributed by atoms with E-state index in [1.165, 1.54) is 46.1 Å². The molecule has 0 saturated carbocycles. The van der Waals surface area contributed by atoms with Crippen molar-refractivity contribution in [2.75, 3.05) is 43.9 Å². The number of nitrogen functional groups attached to an aromatic ring is 1. The minimum absolute atomic E-state index is 0.306. The molecular formula is C99H164N6O3S2. The first kappa shape index (κ1) is 113. The molecule has 7 aromatic rings. The highest BCUT2D eigenvalue weighted by Crippen LogP contribution is 2.46. The maximum Gasteiger partial charge on any atom is 0.193 e. The summed E-state index contributed by atoms with van der Waals surface area (Å²) in [6.07, 6.45) is 6.80. The van der Waals surface area contributed by atoms with Gasteiger partial charge in [0.1, 0.15) is 11.6 Å². The number of hydrogen-bond acceptors (Lipinski definition) is 11. The van der Waals surface area contributed by atoms with Crippen molar-refractivity contribution < 1.29 is 14.9 Å². The molecule has 0 amide bonds. The fraction of sp³-hybridized carbons (Fsp3) is 0.475. The molecule has 7 aromatic carbocycles. The van der Waals surface area contributed by atoms with E-state index in [1.807, 2.05) is 160 Å². The van der Waals surface area contributed by atoms with Gasteiger partial charge in [-0.2, -0.15) is 0 Å². The van der Waals surface area contributed by atoms with E-state index in [0.717, 1.165) is 74.0 Å². The number of thioether (sulfide) groups is 1. The van der Waals surface area contributed by atoms with Crippen LogP contribution < -0.4 is 35.0 Å². The summed E-state index contributed by atoms with van der Waals surface area (Å²) in [6.45, 7) is 86.5. The lowest BCUT2D eigenvalue weighted by Crippen LogP contribution is -2.30. The molecule has 11 heteroatoms. The van der Waals surface area contributed by atoms with Crippen molar-refractivity contribution in [2.24, 2.45) is 35.5 Å². The van der Waals surface area contributed by atoms with Crippen LogP contribution in [0.1, 0.15) is 247 Å². The Morgan fingerprint density at radius 2 is 0.727 bits per heavy atom. The zero-order chi connectivity index (χ0) is 86.2. The number of hydrogen-bond donors (Lipinski definition) is 4. The van der Waals surface area contributed by atoms with E-state index in [2.05, 4.69) is 315 Å². The number of nitrogens with zero attached hydrogens (tertiary/aromatic N) is 5. The highest BCUT2D eigenvalue weighted by molar-refractivity contribution is 8.03. The van der Waals surface area contributed by atoms with Crippen molar-refractivity contribution in [3.63, 3.8) is 0 Å². The van der Waals surface area contributed by atoms with Crippen LogP contribution in [0.3, 0.4) is 0 Å². The normalized spacial score (nSPS) is 11.5. The third-order valence-corrected chi connectivity index (χ3v) is 15.0. The lowest BCUT2D eigenvalue weighted by molar-refractivity contribution is 0.248. The third-order valence-electron chi connectivity index (χ3n) is 13.7. The number of benzene rings is 7. The Bertz CT molecular complexity index is 3140. The van der Waals surface area contributed by atoms with Crippen molar-refractivity contribution in [3.05, 3.63) is 248 Å². The first-order chi connectivity index (χ1) is 51.9. The van der Waals surface area contributed by atoms with Gasteiger partial charge in [-0.15, -0.1) is 12.6 Å². The van der Waals surface area contributed by atoms with Gasteiger partial charge in [-0.05, 0) is 188 Å². The van der Waals surface area contributed by atoms with Crippen LogP contribution in [-0.2, 0) is 0 Å². The molecule has 0 bridgehead atoms. The minimum Gasteiger partial charge on any atom is -0.508 e. The summed E-state index contributed by atoms with van der Waals surface area (Å²) in [7, 11) is 2.06. The molecule has 0 saturated heterocycles. The number of anilines is 6. The number of thiol groups is 1. The molecule has 110 heavy (non-hydrogen) atoms. The number of aliphatic hydroxyl groups excluding tert-OH is 1. The number of ether oxygens (including phenoxy) is 1. The number of phenols is 1. The Balaban J connectivity index is -0.000000271. The van der Waals surface area contributed by atoms with Crippen molar-refractivity contribution >= 4 is 64.6 Å². The molecule has 0 spiro atoms. The number of rotatable bonds is 7. The SMILES string of the molecule is C=C1C=Cc2ccccc2N1C(C)C.C=C1N(C)c2ccccc2N1C(C)C.C=C1Oc2ccccc2N1C(C)C.C=C1Sc2ccccc2N1C(C)C.CC.CC.CC.CC.CC(C)C.CC(C)C.CC(C)C.CC(C)CO.CCC(C)C.CCC(C)C.Nc1ccccc1.Oc1ccccc1.Sc1ccccc1. The monoisotopic (exact) mass is 1550 g/mol. The Labute approximate surface area is 689 Å². The van der Waals surface area contributed by atoms with Crippen molar-refractivity contribution in [1.82, 2.24) is 0 Å². The summed E-state index contributed by atoms with van der Waals surface area (Å²) >= 11 is 5.84. The van der Waals surface area contributed by atoms with E-state index in [0.29, 0.717) is 42.4 Å². The molecule has 0 radical (unpaired) electrons. The second-order valence-corrected chi connectivity index (χ2v) is 30.7. The number of aromatic hydroxyl groups is 1. The average Bonchev–Trinajstić information content (AvgIpc) is 1.58. The van der Waals surface area contributed by atoms with Gasteiger partial charge in [0, 0.05) is 64.7 Å². The molecule has 0 atom stereocenters. The average molecular weight is 1550 g/mol. The van der Waals surface area contributed by atoms with E-state index in [4.69, 9.17) is 20.7 Å². The van der Waals surface area contributed by atoms with Gasteiger partial charge in [0.15, 0.2) is 11.6 Å². The van der Waals surface area contributed by atoms with Crippen molar-refractivity contribution in [1.29, 1.82) is 0 Å². The maximum atomic E-state index is 8.63. The zero-order valence-electron chi connectivity index (χ0n) is 76.2. The minimum atomic E-state index is 0.306. The van der Waals surface area contributed by atoms with Crippen LogP contribution in [-0.4, -0.2) is 48.0 Å². The summed E-state index contributed by atoms with van der Waals surface area (Å²) in [4.78, 5) is 13.4. The Kier molecular flexibility index (Phi) is 72.5. The predicted molar refractivity (Wildman–Crippen MR) is 508 cm³/mol. The van der Waals surface area contributed by atoms with Gasteiger partial charge in [-0.3, -0.25) is 0 Å². The Morgan fingerprint density at radius 1 is 0.400 bits per heavy atom. The standard InChI is InChI=1S/C13H15N.C12H16N2.C11H13NO.C11H13NS.C6H7N.C6H6O.C6H6S.2C5H12.C4H10O.3C4H10.4C2H6/c1-10(2)14-11(3)8-9-12-6-4-5-7-13(12)14;1-9(2)14-10(3)13(4)11-7-5-6-8-12(11)14;2*1-8(2)12-9(3)13-11-7-5-4-6-10(11)12;3*7-6-4-2-1-3-5-6;2*1-4-5(2)3;1-4(2)3-5;3*1-4(2)3;4*1-2/h4-10H,3H2,1-2H3;5-9H,3H2,1-2,4H3;2*4-8H,3H2,1-2H3;1-5H,7H2;2*1-5,7H;2*5H,4H2,1-3H3;4-5H,3H2,1-2H3;3*4H,1-3H3;4*1-2H3. The fourth-order valence-electron chi connectivity index (χ4n) is 8.39. The molecular weight excluding hydrogens is 1390 g/mol. The van der Waals surface area contributed by atoms with Crippen LogP contribution in [0.2, 0.25) is 0 Å². The molecule has 11 rings (SSSR count). The van der Waals surface area contributed by atoms with Gasteiger partial charge < -0.3 is 45.2 Å². The Morgan fingerprint density at radius 3 is 1.06 bits per heavy atom. The van der Waals surface area contributed by atoms with Crippen LogP contribution in [0.4, 0.5) is 34.1 Å². The molecule has 4 aliphatic rings. The topological polar surface area (TPSA) is 91.9 Å². The maximum absolute atomic E-state index is 8.63. The van der Waals surface area contributed by atoms with Crippen LogP contribution in [0.25, 0.3) is 6.08 Å². The fourth-order valence-corrected chi connectivity index (χ4v) is 9.64. The van der Waals surface area contributed by atoms with E-state index in [-0.39, 0.29) is 0 Å². The molecule has 4 heterocycles. The van der Waals surface area contributed by atoms with E-state index < -0.39 is 0 Å². The second kappa shape index (κ2) is 70.4. The van der Waals surface area contributed by atoms with Crippen molar-refractivity contribution in [3.8, 4) is 11.5 Å². The molecule has 9 nitrogen and oxygen atoms in total. The quantitative estimate of drug-likeness (QED) is 0.0914. The smallest absolute Gasteiger partial charge is 0.193 e. The van der Waals surface area contributed by atoms with Gasteiger partial charge >= 0.3 is 0 Å². The molecule has 4 aliphatic heterocycles. The highest BCUT2D eigenvalue weighted by atomic mass is 32.2. The predicted octanol–water partition coefficient (Wildman–Crippen LogP) is 31.0. The van der Waals surface area contributed by atoms with Crippen LogP contribution in [0.5, 0.6) is 11.5 Å². The van der Waals surface area contributed by atoms with Gasteiger partial charge in [-0.25, -0.2) is 0 Å². The molecule has 0 aliphatic carbocycles. The van der Waals surface area contributed by atoms with Crippen LogP contribution in [0.15, 0.2) is 253 Å². The molecule has 0 unspecified atom stereocenters. The number of phenolic OH excluding ortho intramolecular Hbond substituents is 1. The number of para-hydroxylation sites is 8. The summed E-state index contributed by atoms with van der Waals surface area (Å²) < 4.78 is 5.51. The molecule has 620 valence electrons. The van der Waals surface area contributed by atoms with E-state index >= 15 is 0 Å².